The minimum Gasteiger partial charge on any atom is -0.462 e. The summed E-state index contributed by atoms with van der Waals surface area (Å²) in [5, 5.41) is 40.2. The minimum absolute atomic E-state index is 0.161. The topological polar surface area (TPSA) is 152 Å². The molecule has 4 N–H and O–H groups in total. The molecule has 0 spiro atoms. The van der Waals surface area contributed by atoms with Gasteiger partial charge in [0.05, 0.1) is 13.2 Å². The summed E-state index contributed by atoms with van der Waals surface area (Å²) in [6.07, 6.45) is 48.6. The van der Waals surface area contributed by atoms with E-state index in [4.69, 9.17) is 18.9 Å². The number of carbonyl (C=O) groups is 2. The van der Waals surface area contributed by atoms with Gasteiger partial charge in [-0.15, -0.1) is 0 Å². The van der Waals surface area contributed by atoms with Gasteiger partial charge < -0.3 is 39.4 Å². The standard InChI is InChI=1S/C55H98O10/c1-3-5-7-9-11-13-15-17-19-21-22-23-24-25-26-28-30-32-34-36-38-40-42-44-51(58)64-48(47-63-55-54(61)53(60)52(59)49(45-56)65-55)46-62-50(57)43-41-39-37-35-33-31-29-27-20-18-16-14-12-10-8-6-4-2/h28-31,35-38,48-49,52-56,59-61H,3-27,32-34,39-47H2,1-2H3/b30-28+,31-29+,37-35+,38-36+/t48-,49-,52+,53?,54?,55-/m1/s1. The molecular formula is C55H98O10. The summed E-state index contributed by atoms with van der Waals surface area (Å²) in [4.78, 5) is 25.4. The second-order valence-electron chi connectivity index (χ2n) is 18.3. The van der Waals surface area contributed by atoms with Gasteiger partial charge in [-0.3, -0.25) is 9.59 Å². The summed E-state index contributed by atoms with van der Waals surface area (Å²) in [5.74, 6) is -0.904. The monoisotopic (exact) mass is 919 g/mol. The highest BCUT2D eigenvalue weighted by atomic mass is 16.7. The van der Waals surface area contributed by atoms with E-state index in [9.17, 15) is 30.0 Å². The molecule has 0 aliphatic carbocycles. The van der Waals surface area contributed by atoms with Gasteiger partial charge in [-0.2, -0.15) is 0 Å². The van der Waals surface area contributed by atoms with Gasteiger partial charge in [0, 0.05) is 12.8 Å². The number of carbonyl (C=O) groups excluding carboxylic acids is 2. The SMILES string of the molecule is CCCCCCCCCCC/C=C/C/C=C/CCCC(=O)OC[C@H](CO[C@@H]1O[C@H](CO)[C@H](O)C(O)C1O)OC(=O)CCC/C=C/CC/C=C/CCCCCCCCCCCCCCCC. The van der Waals surface area contributed by atoms with E-state index in [0.717, 1.165) is 44.9 Å². The van der Waals surface area contributed by atoms with Gasteiger partial charge >= 0.3 is 11.9 Å². The number of rotatable bonds is 45. The average molecular weight is 919 g/mol. The van der Waals surface area contributed by atoms with E-state index in [2.05, 4.69) is 62.5 Å². The maximum atomic E-state index is 12.8. The van der Waals surface area contributed by atoms with E-state index in [1.165, 1.54) is 148 Å². The third kappa shape index (κ3) is 36.4. The fourth-order valence-corrected chi connectivity index (χ4v) is 7.95. The zero-order valence-corrected chi connectivity index (χ0v) is 41.5. The van der Waals surface area contributed by atoms with Gasteiger partial charge in [-0.25, -0.2) is 0 Å². The Balaban J connectivity index is 2.29. The molecule has 1 saturated heterocycles. The first-order valence-electron chi connectivity index (χ1n) is 26.7. The van der Waals surface area contributed by atoms with Crippen molar-refractivity contribution in [1.29, 1.82) is 0 Å². The van der Waals surface area contributed by atoms with Crippen molar-refractivity contribution in [3.63, 3.8) is 0 Å². The Labute approximate surface area is 397 Å². The Morgan fingerprint density at radius 3 is 1.34 bits per heavy atom. The predicted octanol–water partition coefficient (Wildman–Crippen LogP) is 12.8. The molecule has 2 unspecified atom stereocenters. The summed E-state index contributed by atoms with van der Waals surface area (Å²) in [6, 6.07) is 0. The van der Waals surface area contributed by atoms with Crippen molar-refractivity contribution < 1.29 is 49.0 Å². The Morgan fingerprint density at radius 1 is 0.477 bits per heavy atom. The van der Waals surface area contributed by atoms with Crippen LogP contribution in [0.1, 0.15) is 232 Å². The van der Waals surface area contributed by atoms with Crippen LogP contribution >= 0.6 is 0 Å². The van der Waals surface area contributed by atoms with Crippen LogP contribution in [0.2, 0.25) is 0 Å². The Morgan fingerprint density at radius 2 is 0.877 bits per heavy atom. The third-order valence-corrected chi connectivity index (χ3v) is 12.2. The summed E-state index contributed by atoms with van der Waals surface area (Å²) < 4.78 is 22.2. The van der Waals surface area contributed by atoms with Gasteiger partial charge in [0.2, 0.25) is 0 Å². The zero-order valence-electron chi connectivity index (χ0n) is 41.5. The van der Waals surface area contributed by atoms with Gasteiger partial charge in [-0.05, 0) is 70.6 Å². The average Bonchev–Trinajstić information content (AvgIpc) is 3.30. The number of unbranched alkanes of at least 4 members (excludes halogenated alkanes) is 26. The van der Waals surface area contributed by atoms with Crippen LogP contribution in [0.15, 0.2) is 48.6 Å². The van der Waals surface area contributed by atoms with Crippen LogP contribution in [0.4, 0.5) is 0 Å². The molecule has 0 amide bonds. The quantitative estimate of drug-likeness (QED) is 0.0264. The molecule has 0 aromatic rings. The number of esters is 2. The third-order valence-electron chi connectivity index (χ3n) is 12.2. The molecule has 378 valence electrons. The molecule has 65 heavy (non-hydrogen) atoms. The molecule has 0 aromatic heterocycles. The van der Waals surface area contributed by atoms with E-state index >= 15 is 0 Å². The minimum atomic E-state index is -1.61. The summed E-state index contributed by atoms with van der Waals surface area (Å²) in [5.41, 5.74) is 0. The highest BCUT2D eigenvalue weighted by molar-refractivity contribution is 5.70. The molecule has 1 aliphatic rings. The van der Waals surface area contributed by atoms with E-state index in [1.54, 1.807) is 0 Å². The first kappa shape index (κ1) is 60.7. The van der Waals surface area contributed by atoms with Crippen LogP contribution in [-0.2, 0) is 28.5 Å². The molecule has 0 aromatic carbocycles. The van der Waals surface area contributed by atoms with Crippen molar-refractivity contribution in [2.75, 3.05) is 19.8 Å². The molecule has 6 atom stereocenters. The number of allylic oxidation sites excluding steroid dienone is 8. The zero-order chi connectivity index (χ0) is 47.3. The number of aliphatic hydroxyl groups is 4. The lowest BCUT2D eigenvalue weighted by molar-refractivity contribution is -0.305. The van der Waals surface area contributed by atoms with Crippen molar-refractivity contribution in [3.05, 3.63) is 48.6 Å². The van der Waals surface area contributed by atoms with Gasteiger partial charge in [0.25, 0.3) is 0 Å². The number of hydrogen-bond acceptors (Lipinski definition) is 10. The van der Waals surface area contributed by atoms with Crippen molar-refractivity contribution >= 4 is 11.9 Å². The van der Waals surface area contributed by atoms with Crippen LogP contribution in [0, 0.1) is 0 Å². The first-order valence-corrected chi connectivity index (χ1v) is 26.7. The van der Waals surface area contributed by atoms with E-state index in [-0.39, 0.29) is 26.1 Å². The van der Waals surface area contributed by atoms with Crippen LogP contribution < -0.4 is 0 Å². The summed E-state index contributed by atoms with van der Waals surface area (Å²) in [7, 11) is 0. The van der Waals surface area contributed by atoms with E-state index < -0.39 is 55.4 Å². The van der Waals surface area contributed by atoms with Crippen LogP contribution in [0.25, 0.3) is 0 Å². The maximum Gasteiger partial charge on any atom is 0.306 e. The van der Waals surface area contributed by atoms with Crippen molar-refractivity contribution in [2.24, 2.45) is 0 Å². The largest absolute Gasteiger partial charge is 0.462 e. The molecule has 1 fully saturated rings. The number of hydrogen-bond donors (Lipinski definition) is 4. The molecule has 1 heterocycles. The first-order chi connectivity index (χ1) is 31.8. The number of ether oxygens (including phenoxy) is 4. The van der Waals surface area contributed by atoms with Gasteiger partial charge in [-0.1, -0.05) is 197 Å². The predicted molar refractivity (Wildman–Crippen MR) is 265 cm³/mol. The van der Waals surface area contributed by atoms with E-state index in [1.807, 2.05) is 0 Å². The highest BCUT2D eigenvalue weighted by Gasteiger charge is 2.44. The molecule has 0 radical (unpaired) electrons. The van der Waals surface area contributed by atoms with Crippen LogP contribution in [0.5, 0.6) is 0 Å². The molecule has 10 nitrogen and oxygen atoms in total. The summed E-state index contributed by atoms with van der Waals surface area (Å²) >= 11 is 0. The summed E-state index contributed by atoms with van der Waals surface area (Å²) in [6.45, 7) is 3.37. The fraction of sp³-hybridized carbons (Fsp3) is 0.818. The molecule has 10 heteroatoms. The molecule has 1 aliphatic heterocycles. The lowest BCUT2D eigenvalue weighted by atomic mass is 9.99. The Bertz CT molecular complexity index is 1200. The molecule has 1 rings (SSSR count). The van der Waals surface area contributed by atoms with Crippen molar-refractivity contribution in [2.45, 2.75) is 269 Å². The molecule has 0 saturated carbocycles. The maximum absolute atomic E-state index is 12.8. The smallest absolute Gasteiger partial charge is 0.306 e. The highest BCUT2D eigenvalue weighted by Crippen LogP contribution is 2.23. The Kier molecular flexibility index (Phi) is 42.4. The second kappa shape index (κ2) is 45.4. The lowest BCUT2D eigenvalue weighted by Gasteiger charge is -2.39. The van der Waals surface area contributed by atoms with Crippen LogP contribution in [-0.4, -0.2) is 89.0 Å². The van der Waals surface area contributed by atoms with Crippen LogP contribution in [0.3, 0.4) is 0 Å². The molecular weight excluding hydrogens is 821 g/mol. The van der Waals surface area contributed by atoms with Crippen molar-refractivity contribution in [1.82, 2.24) is 0 Å². The van der Waals surface area contributed by atoms with Gasteiger partial charge in [0.15, 0.2) is 12.4 Å². The van der Waals surface area contributed by atoms with Gasteiger partial charge in [0.1, 0.15) is 31.0 Å². The lowest BCUT2D eigenvalue weighted by Crippen LogP contribution is -2.59. The normalized spacial score (nSPS) is 19.6. The molecule has 0 bridgehead atoms. The Hall–Kier alpha value is -2.34. The van der Waals surface area contributed by atoms with E-state index in [0.29, 0.717) is 12.8 Å². The second-order valence-corrected chi connectivity index (χ2v) is 18.3. The fourth-order valence-electron chi connectivity index (χ4n) is 7.95. The number of aliphatic hydroxyl groups excluding tert-OH is 4. The van der Waals surface area contributed by atoms with Crippen molar-refractivity contribution in [3.8, 4) is 0 Å².